The van der Waals surface area contributed by atoms with Gasteiger partial charge in [0.05, 0.1) is 29.8 Å². The molecule has 2 atom stereocenters. The number of carbonyl (C=O) groups is 1. The van der Waals surface area contributed by atoms with Crippen LogP contribution in [-0.2, 0) is 12.6 Å². The maximum atomic E-state index is 14.4. The Labute approximate surface area is 297 Å². The molecule has 0 aliphatic carbocycles. The average molecular weight is 698 g/mol. The van der Waals surface area contributed by atoms with Gasteiger partial charge >= 0.3 is 6.03 Å². The van der Waals surface area contributed by atoms with Crippen molar-refractivity contribution in [2.24, 2.45) is 7.05 Å². The van der Waals surface area contributed by atoms with Gasteiger partial charge in [0.2, 0.25) is 0 Å². The fraction of sp³-hybridized carbons (Fsp3) is 0.103. The minimum Gasteiger partial charge on any atom is -0.335 e. The van der Waals surface area contributed by atoms with Gasteiger partial charge in [0.1, 0.15) is 5.54 Å². The van der Waals surface area contributed by atoms with Gasteiger partial charge in [-0.05, 0) is 98.4 Å². The van der Waals surface area contributed by atoms with Gasteiger partial charge in [-0.15, -0.1) is 5.10 Å². The van der Waals surface area contributed by atoms with Crippen LogP contribution < -0.4 is 10.6 Å². The Morgan fingerprint density at radius 1 is 0.820 bits per heavy atom. The zero-order valence-electron chi connectivity index (χ0n) is 27.0. The van der Waals surface area contributed by atoms with Gasteiger partial charge < -0.3 is 15.2 Å². The number of aryl methyl sites for hydroxylation is 1. The summed E-state index contributed by atoms with van der Waals surface area (Å²) < 4.78 is 3.61. The first-order valence-electron chi connectivity index (χ1n) is 16.0. The van der Waals surface area contributed by atoms with E-state index in [1.807, 2.05) is 110 Å². The zero-order valence-corrected chi connectivity index (χ0v) is 28.6. The molecule has 3 aromatic heterocycles. The number of nitrogens with zero attached hydrogens (tertiary/aromatic N) is 6. The van der Waals surface area contributed by atoms with Crippen LogP contribution in [0.5, 0.6) is 0 Å². The van der Waals surface area contributed by atoms with Gasteiger partial charge in [-0.2, -0.15) is 4.52 Å². The van der Waals surface area contributed by atoms with E-state index in [4.69, 9.17) is 23.2 Å². The minimum atomic E-state index is -1.23. The topological polar surface area (TPSA) is 102 Å². The molecule has 2 N–H and O–H groups in total. The summed E-state index contributed by atoms with van der Waals surface area (Å²) in [5.74, 6) is 0. The second kappa shape index (κ2) is 12.6. The number of nitrogens with one attached hydrogen (secondary N) is 2. The van der Waals surface area contributed by atoms with Gasteiger partial charge in [0, 0.05) is 22.5 Å². The first-order valence-corrected chi connectivity index (χ1v) is 16.8. The number of tetrazole rings is 1. The summed E-state index contributed by atoms with van der Waals surface area (Å²) in [5.41, 5.74) is 5.25. The van der Waals surface area contributed by atoms with E-state index in [-0.39, 0.29) is 12.1 Å². The number of imidazole rings is 1. The van der Waals surface area contributed by atoms with Gasteiger partial charge in [-0.25, -0.2) is 9.78 Å². The highest BCUT2D eigenvalue weighted by Gasteiger charge is 2.41. The Kier molecular flexibility index (Phi) is 7.94. The molecule has 9 nitrogen and oxygen atoms in total. The smallest absolute Gasteiger partial charge is 0.316 e. The number of urea groups is 1. The third kappa shape index (κ3) is 5.41. The molecule has 5 aromatic carbocycles. The summed E-state index contributed by atoms with van der Waals surface area (Å²) in [7, 11) is 1.91. The summed E-state index contributed by atoms with van der Waals surface area (Å²) in [6.07, 6.45) is 3.50. The van der Waals surface area contributed by atoms with Crippen LogP contribution in [0.15, 0.2) is 128 Å². The maximum Gasteiger partial charge on any atom is 0.316 e. The second-order valence-corrected chi connectivity index (χ2v) is 13.2. The number of aromatic nitrogens is 6. The Bertz CT molecular complexity index is 2540. The van der Waals surface area contributed by atoms with E-state index in [0.717, 1.165) is 55.2 Å². The molecule has 0 aliphatic rings. The molecule has 11 heteroatoms. The summed E-state index contributed by atoms with van der Waals surface area (Å²) in [5, 5.41) is 23.3. The molecule has 0 aliphatic heterocycles. The lowest BCUT2D eigenvalue weighted by Gasteiger charge is -2.37. The van der Waals surface area contributed by atoms with Crippen molar-refractivity contribution >= 4 is 56.6 Å². The number of pyridine rings is 1. The largest absolute Gasteiger partial charge is 0.335 e. The first-order chi connectivity index (χ1) is 24.3. The molecule has 0 spiro atoms. The van der Waals surface area contributed by atoms with Crippen molar-refractivity contribution in [2.75, 3.05) is 0 Å². The molecule has 8 aromatic rings. The highest BCUT2D eigenvalue weighted by molar-refractivity contribution is 6.31. The number of carbonyl (C=O) groups excluding carboxylic acids is 1. The summed E-state index contributed by atoms with van der Waals surface area (Å²) in [6, 6.07) is 36.7. The summed E-state index contributed by atoms with van der Waals surface area (Å²) in [6.45, 7) is 1.99. The van der Waals surface area contributed by atoms with Gasteiger partial charge in [-0.1, -0.05) is 96.0 Å². The number of fused-ring (bicyclic) bond motifs is 4. The van der Waals surface area contributed by atoms with Crippen LogP contribution in [0.4, 0.5) is 4.79 Å². The highest BCUT2D eigenvalue weighted by atomic mass is 35.5. The van der Waals surface area contributed by atoms with E-state index in [1.54, 1.807) is 17.0 Å². The normalized spacial score (nSPS) is 13.4. The molecule has 0 bridgehead atoms. The molecule has 0 saturated heterocycles. The molecular weight excluding hydrogens is 667 g/mol. The third-order valence-electron chi connectivity index (χ3n) is 9.27. The van der Waals surface area contributed by atoms with E-state index in [9.17, 15) is 4.79 Å². The van der Waals surface area contributed by atoms with Crippen molar-refractivity contribution in [3.05, 3.63) is 160 Å². The monoisotopic (exact) mass is 696 g/mol. The Morgan fingerprint density at radius 2 is 1.60 bits per heavy atom. The average Bonchev–Trinajstić information content (AvgIpc) is 3.79. The molecule has 3 heterocycles. The van der Waals surface area contributed by atoms with Gasteiger partial charge in [-0.3, -0.25) is 0 Å². The molecule has 0 saturated carbocycles. The fourth-order valence-electron chi connectivity index (χ4n) is 6.93. The number of benzene rings is 5. The lowest BCUT2D eigenvalue weighted by Crippen LogP contribution is -2.52. The standard InChI is InChI=1S/C39H30Cl2N8O/c1-24(31-12-6-8-25-7-3-4-11-32(25)31)43-38(50)44-39(36-22-42-23-48(36)2,27-13-16-29(40)17-14-27)28-15-18-35-34(20-28)33(21-37-45-46-47-49(35)37)26-9-5-10-30(41)19-26/h3-24H,1-2H3,(H2,43,44,50). The van der Waals surface area contributed by atoms with E-state index < -0.39 is 5.54 Å². The van der Waals surface area contributed by atoms with Crippen LogP contribution in [0.1, 0.15) is 35.3 Å². The van der Waals surface area contributed by atoms with Crippen LogP contribution in [0.2, 0.25) is 10.0 Å². The molecule has 8 rings (SSSR count). The van der Waals surface area contributed by atoms with Crippen molar-refractivity contribution in [2.45, 2.75) is 18.5 Å². The second-order valence-electron chi connectivity index (χ2n) is 12.3. The quantitative estimate of drug-likeness (QED) is 0.174. The molecule has 2 unspecified atom stereocenters. The van der Waals surface area contributed by atoms with E-state index >= 15 is 0 Å². The van der Waals surface area contributed by atoms with Crippen LogP contribution >= 0.6 is 23.2 Å². The number of halogens is 2. The molecular formula is C39H30Cl2N8O. The number of rotatable bonds is 7. The van der Waals surface area contributed by atoms with Crippen LogP contribution in [0.25, 0.3) is 38.4 Å². The van der Waals surface area contributed by atoms with Gasteiger partial charge in [0.25, 0.3) is 0 Å². The van der Waals surface area contributed by atoms with Crippen LogP contribution in [-0.4, -0.2) is 35.6 Å². The SMILES string of the molecule is CC(NC(=O)NC(c1ccc(Cl)cc1)(c1ccc2c(c1)c(-c1cccc(Cl)c1)cc1nnnn12)c1cncn1C)c1cccc2ccccc12. The van der Waals surface area contributed by atoms with Crippen molar-refractivity contribution in [1.29, 1.82) is 0 Å². The molecule has 0 radical (unpaired) electrons. The Morgan fingerprint density at radius 3 is 2.40 bits per heavy atom. The van der Waals surface area contributed by atoms with Gasteiger partial charge in [0.15, 0.2) is 5.65 Å². The van der Waals surface area contributed by atoms with Crippen LogP contribution in [0.3, 0.4) is 0 Å². The molecule has 50 heavy (non-hydrogen) atoms. The summed E-state index contributed by atoms with van der Waals surface area (Å²) >= 11 is 12.9. The first kappa shape index (κ1) is 31.5. The lowest BCUT2D eigenvalue weighted by atomic mass is 9.79. The molecule has 2 amide bonds. The zero-order chi connectivity index (χ0) is 34.4. The Balaban J connectivity index is 1.33. The van der Waals surface area contributed by atoms with E-state index in [1.165, 1.54) is 0 Å². The summed E-state index contributed by atoms with van der Waals surface area (Å²) in [4.78, 5) is 18.9. The predicted octanol–water partition coefficient (Wildman–Crippen LogP) is 8.49. The predicted molar refractivity (Wildman–Crippen MR) is 197 cm³/mol. The lowest BCUT2D eigenvalue weighted by molar-refractivity contribution is 0.230. The van der Waals surface area contributed by atoms with Crippen LogP contribution in [0, 0.1) is 0 Å². The minimum absolute atomic E-state index is 0.310. The van der Waals surface area contributed by atoms with E-state index in [0.29, 0.717) is 15.7 Å². The van der Waals surface area contributed by atoms with Crippen molar-refractivity contribution in [3.63, 3.8) is 0 Å². The number of hydrogen-bond acceptors (Lipinski definition) is 5. The van der Waals surface area contributed by atoms with E-state index in [2.05, 4.69) is 55.4 Å². The number of hydrogen-bond donors (Lipinski definition) is 2. The molecule has 0 fully saturated rings. The number of amides is 2. The van der Waals surface area contributed by atoms with Crippen molar-refractivity contribution in [1.82, 2.24) is 40.2 Å². The third-order valence-corrected chi connectivity index (χ3v) is 9.75. The molecule has 246 valence electrons. The van der Waals surface area contributed by atoms with Crippen molar-refractivity contribution in [3.8, 4) is 11.1 Å². The maximum absolute atomic E-state index is 14.4. The highest BCUT2D eigenvalue weighted by Crippen LogP contribution is 2.41. The fourth-order valence-corrected chi connectivity index (χ4v) is 7.24. The Hall–Kier alpha value is -5.77. The van der Waals surface area contributed by atoms with Crippen molar-refractivity contribution < 1.29 is 4.79 Å².